The summed E-state index contributed by atoms with van der Waals surface area (Å²) in [5.74, 6) is 0.940. The van der Waals surface area contributed by atoms with Gasteiger partial charge in [-0.1, -0.05) is 10.8 Å². The van der Waals surface area contributed by atoms with Crippen molar-refractivity contribution in [3.05, 3.63) is 0 Å². The van der Waals surface area contributed by atoms with Gasteiger partial charge in [0.25, 0.3) is 0 Å². The maximum atomic E-state index is 5.18. The average molecular weight is 182 g/mol. The molecule has 0 N–H and O–H groups in total. The largest absolute Gasteiger partial charge is 0.379 e. The standard InChI is InChI=1S/C6H14O2S2/c1-2-7-3-4-8-5-6-10-9/h9H,2-6H2,1H3. The lowest BCUT2D eigenvalue weighted by Gasteiger charge is -2.01. The first kappa shape index (κ1) is 10.6. The van der Waals surface area contributed by atoms with E-state index in [0.717, 1.165) is 19.0 Å². The van der Waals surface area contributed by atoms with Crippen LogP contribution in [0.3, 0.4) is 0 Å². The minimum Gasteiger partial charge on any atom is -0.379 e. The van der Waals surface area contributed by atoms with E-state index in [1.54, 1.807) is 0 Å². The van der Waals surface area contributed by atoms with Crippen LogP contribution in [0.5, 0.6) is 0 Å². The van der Waals surface area contributed by atoms with Gasteiger partial charge in [-0.15, -0.1) is 11.7 Å². The molecular weight excluding hydrogens is 168 g/mol. The monoisotopic (exact) mass is 182 g/mol. The summed E-state index contributed by atoms with van der Waals surface area (Å²) in [6.45, 7) is 4.91. The average Bonchev–Trinajstić information content (AvgIpc) is 1.97. The summed E-state index contributed by atoms with van der Waals surface area (Å²) in [4.78, 5) is 0. The van der Waals surface area contributed by atoms with E-state index in [4.69, 9.17) is 9.47 Å². The minimum atomic E-state index is 0.697. The third-order valence-corrected chi connectivity index (χ3v) is 1.79. The van der Waals surface area contributed by atoms with Crippen molar-refractivity contribution in [2.24, 2.45) is 0 Å². The zero-order chi connectivity index (χ0) is 7.66. The summed E-state index contributed by atoms with van der Waals surface area (Å²) in [6, 6.07) is 0. The lowest BCUT2D eigenvalue weighted by Crippen LogP contribution is -2.05. The topological polar surface area (TPSA) is 18.5 Å². The lowest BCUT2D eigenvalue weighted by atomic mass is 10.7. The molecule has 0 aliphatic carbocycles. The minimum absolute atomic E-state index is 0.697. The van der Waals surface area contributed by atoms with Crippen molar-refractivity contribution in [1.29, 1.82) is 0 Å². The van der Waals surface area contributed by atoms with Gasteiger partial charge in [0.05, 0.1) is 19.8 Å². The first-order chi connectivity index (χ1) is 4.91. The molecule has 0 heterocycles. The highest BCUT2D eigenvalue weighted by Crippen LogP contribution is 2.02. The van der Waals surface area contributed by atoms with Gasteiger partial charge in [0, 0.05) is 12.4 Å². The van der Waals surface area contributed by atoms with Crippen LogP contribution in [0.2, 0.25) is 0 Å². The fraction of sp³-hybridized carbons (Fsp3) is 1.00. The van der Waals surface area contributed by atoms with Crippen molar-refractivity contribution < 1.29 is 9.47 Å². The van der Waals surface area contributed by atoms with Crippen molar-refractivity contribution in [2.45, 2.75) is 6.92 Å². The van der Waals surface area contributed by atoms with Gasteiger partial charge in [-0.25, -0.2) is 0 Å². The summed E-state index contributed by atoms with van der Waals surface area (Å²) in [7, 11) is 1.49. The molecule has 0 saturated carbocycles. The Hall–Kier alpha value is 0.620. The fourth-order valence-electron chi connectivity index (χ4n) is 0.460. The van der Waals surface area contributed by atoms with Crippen molar-refractivity contribution in [3.8, 4) is 0 Å². The van der Waals surface area contributed by atoms with Crippen LogP contribution in [0.15, 0.2) is 0 Å². The Labute approximate surface area is 71.5 Å². The van der Waals surface area contributed by atoms with Crippen molar-refractivity contribution >= 4 is 22.5 Å². The molecule has 4 heteroatoms. The molecule has 0 fully saturated rings. The van der Waals surface area contributed by atoms with E-state index in [0.29, 0.717) is 13.2 Å². The van der Waals surface area contributed by atoms with Crippen LogP contribution in [-0.2, 0) is 9.47 Å². The zero-order valence-corrected chi connectivity index (χ0v) is 7.92. The summed E-state index contributed by atoms with van der Waals surface area (Å²) < 4.78 is 10.2. The molecule has 0 aliphatic rings. The smallest absolute Gasteiger partial charge is 0.0700 e. The Morgan fingerprint density at radius 1 is 1.20 bits per heavy atom. The molecule has 0 aliphatic heterocycles. The van der Waals surface area contributed by atoms with E-state index in [1.165, 1.54) is 10.8 Å². The van der Waals surface area contributed by atoms with E-state index in [2.05, 4.69) is 11.7 Å². The molecule has 0 saturated heterocycles. The van der Waals surface area contributed by atoms with E-state index in [9.17, 15) is 0 Å². The molecule has 0 atom stereocenters. The van der Waals surface area contributed by atoms with Gasteiger partial charge in [-0.3, -0.25) is 0 Å². The molecule has 2 nitrogen and oxygen atoms in total. The Bertz CT molecular complexity index is 53.7. The molecular formula is C6H14O2S2. The normalized spacial score (nSPS) is 10.2. The highest BCUT2D eigenvalue weighted by atomic mass is 33.1. The van der Waals surface area contributed by atoms with Crippen LogP contribution in [0.4, 0.5) is 0 Å². The number of thiol groups is 1. The molecule has 0 bridgehead atoms. The summed E-state index contributed by atoms with van der Waals surface area (Å²) in [5, 5.41) is 0. The maximum absolute atomic E-state index is 5.18. The third-order valence-electron chi connectivity index (χ3n) is 0.895. The molecule has 0 rings (SSSR count). The first-order valence-corrected chi connectivity index (χ1v) is 5.37. The van der Waals surface area contributed by atoms with Crippen molar-refractivity contribution in [1.82, 2.24) is 0 Å². The van der Waals surface area contributed by atoms with Crippen LogP contribution < -0.4 is 0 Å². The van der Waals surface area contributed by atoms with Crippen molar-refractivity contribution in [2.75, 3.05) is 32.2 Å². The first-order valence-electron chi connectivity index (χ1n) is 3.33. The van der Waals surface area contributed by atoms with Gasteiger partial charge in [-0.05, 0) is 6.92 Å². The second-order valence-electron chi connectivity index (χ2n) is 1.64. The van der Waals surface area contributed by atoms with E-state index in [1.807, 2.05) is 6.92 Å². The number of hydrogen-bond donors (Lipinski definition) is 1. The fourth-order valence-corrected chi connectivity index (χ4v) is 0.876. The predicted octanol–water partition coefficient (Wildman–Crippen LogP) is 1.62. The van der Waals surface area contributed by atoms with Gasteiger partial charge in [-0.2, -0.15) is 0 Å². The van der Waals surface area contributed by atoms with Gasteiger partial charge in [0.2, 0.25) is 0 Å². The molecule has 0 spiro atoms. The Balaban J connectivity index is 2.65. The van der Waals surface area contributed by atoms with Gasteiger partial charge in [0.15, 0.2) is 0 Å². The molecule has 0 amide bonds. The van der Waals surface area contributed by atoms with E-state index >= 15 is 0 Å². The molecule has 0 aromatic carbocycles. The van der Waals surface area contributed by atoms with Crippen LogP contribution in [0.25, 0.3) is 0 Å². The number of rotatable bonds is 7. The quantitative estimate of drug-likeness (QED) is 0.367. The lowest BCUT2D eigenvalue weighted by molar-refractivity contribution is 0.0595. The second kappa shape index (κ2) is 9.62. The van der Waals surface area contributed by atoms with Crippen molar-refractivity contribution in [3.63, 3.8) is 0 Å². The molecule has 0 radical (unpaired) electrons. The van der Waals surface area contributed by atoms with E-state index < -0.39 is 0 Å². The molecule has 62 valence electrons. The van der Waals surface area contributed by atoms with Crippen LogP contribution in [0.1, 0.15) is 6.92 Å². The molecule has 10 heavy (non-hydrogen) atoms. The second-order valence-corrected chi connectivity index (χ2v) is 3.08. The zero-order valence-electron chi connectivity index (χ0n) is 6.21. The molecule has 0 aromatic rings. The maximum Gasteiger partial charge on any atom is 0.0700 e. The predicted molar refractivity (Wildman–Crippen MR) is 48.8 cm³/mol. The van der Waals surface area contributed by atoms with Gasteiger partial charge in [0.1, 0.15) is 0 Å². The van der Waals surface area contributed by atoms with Gasteiger partial charge >= 0.3 is 0 Å². The Morgan fingerprint density at radius 3 is 2.50 bits per heavy atom. The SMILES string of the molecule is CCOCCOCCSS. The summed E-state index contributed by atoms with van der Waals surface area (Å²) >= 11 is 3.97. The summed E-state index contributed by atoms with van der Waals surface area (Å²) in [6.07, 6.45) is 0. The highest BCUT2D eigenvalue weighted by Gasteiger charge is 1.86. The Kier molecular flexibility index (Phi) is 10.2. The van der Waals surface area contributed by atoms with Crippen LogP contribution >= 0.6 is 22.5 Å². The van der Waals surface area contributed by atoms with E-state index in [-0.39, 0.29) is 0 Å². The third kappa shape index (κ3) is 8.62. The highest BCUT2D eigenvalue weighted by molar-refractivity contribution is 8.68. The molecule has 0 aromatic heterocycles. The number of ether oxygens (including phenoxy) is 2. The van der Waals surface area contributed by atoms with Crippen LogP contribution in [-0.4, -0.2) is 32.2 Å². The number of hydrogen-bond acceptors (Lipinski definition) is 4. The van der Waals surface area contributed by atoms with Gasteiger partial charge < -0.3 is 9.47 Å². The van der Waals surface area contributed by atoms with Crippen LogP contribution in [0, 0.1) is 0 Å². The molecule has 0 unspecified atom stereocenters. The summed E-state index contributed by atoms with van der Waals surface area (Å²) in [5.41, 5.74) is 0. The Morgan fingerprint density at radius 2 is 1.90 bits per heavy atom.